The van der Waals surface area contributed by atoms with Gasteiger partial charge in [-0.05, 0) is 34.4 Å². The summed E-state index contributed by atoms with van der Waals surface area (Å²) in [7, 11) is 2.17. The third-order valence-corrected chi connectivity index (χ3v) is 5.32. The van der Waals surface area contributed by atoms with Gasteiger partial charge in [0.1, 0.15) is 0 Å². The number of aryl methyl sites for hydroxylation is 1. The molecule has 110 valence electrons. The topological polar surface area (TPSA) is 4.93 Å². The van der Waals surface area contributed by atoms with Crippen LogP contribution in [0.3, 0.4) is 0 Å². The Morgan fingerprint density at radius 2 is 1.30 bits per heavy atom. The molecule has 0 saturated heterocycles. The van der Waals surface area contributed by atoms with E-state index in [1.165, 1.54) is 43.4 Å². The van der Waals surface area contributed by atoms with Gasteiger partial charge in [0, 0.05) is 33.2 Å². The summed E-state index contributed by atoms with van der Waals surface area (Å²) < 4.78 is 3.45. The average molecular weight is 360 g/mol. The molecular weight excluding hydrogens is 346 g/mol. The van der Waals surface area contributed by atoms with E-state index >= 15 is 0 Å². The Kier molecular flexibility index (Phi) is 2.62. The van der Waals surface area contributed by atoms with Crippen molar-refractivity contribution >= 4 is 59.3 Å². The lowest BCUT2D eigenvalue weighted by atomic mass is 9.97. The van der Waals surface area contributed by atoms with Crippen molar-refractivity contribution in [3.63, 3.8) is 0 Å². The highest BCUT2D eigenvalue weighted by molar-refractivity contribution is 9.10. The second kappa shape index (κ2) is 4.59. The maximum absolute atomic E-state index is 3.63. The SMILES string of the molecule is Cn1c2ccc(Br)cc2c2c3ccccc3c3ccccc3c21. The number of hydrogen-bond acceptors (Lipinski definition) is 0. The van der Waals surface area contributed by atoms with Crippen molar-refractivity contribution in [3.05, 3.63) is 71.2 Å². The Hall–Kier alpha value is -2.32. The average Bonchev–Trinajstić information content (AvgIpc) is 2.88. The van der Waals surface area contributed by atoms with Gasteiger partial charge in [-0.1, -0.05) is 64.5 Å². The van der Waals surface area contributed by atoms with Crippen LogP contribution in [0.25, 0.3) is 43.4 Å². The van der Waals surface area contributed by atoms with Crippen LogP contribution < -0.4 is 0 Å². The molecule has 0 saturated carbocycles. The highest BCUT2D eigenvalue weighted by atomic mass is 79.9. The monoisotopic (exact) mass is 359 g/mol. The zero-order valence-corrected chi connectivity index (χ0v) is 14.3. The summed E-state index contributed by atoms with van der Waals surface area (Å²) in [6, 6.07) is 24.0. The molecule has 0 radical (unpaired) electrons. The summed E-state index contributed by atoms with van der Waals surface area (Å²) >= 11 is 3.63. The molecule has 0 amide bonds. The van der Waals surface area contributed by atoms with Crippen LogP contribution in [0.4, 0.5) is 0 Å². The lowest BCUT2D eigenvalue weighted by molar-refractivity contribution is 1.02. The Morgan fingerprint density at radius 3 is 2.04 bits per heavy atom. The molecule has 2 heteroatoms. The molecule has 1 aromatic heterocycles. The summed E-state index contributed by atoms with van der Waals surface area (Å²) in [5.74, 6) is 0. The second-order valence-electron chi connectivity index (χ2n) is 6.04. The predicted octanol–water partition coefficient (Wildman–Crippen LogP) is 6.40. The second-order valence-corrected chi connectivity index (χ2v) is 6.95. The van der Waals surface area contributed by atoms with Crippen LogP contribution >= 0.6 is 15.9 Å². The summed E-state index contributed by atoms with van der Waals surface area (Å²) in [5, 5.41) is 7.93. The predicted molar refractivity (Wildman–Crippen MR) is 103 cm³/mol. The highest BCUT2D eigenvalue weighted by Crippen LogP contribution is 2.40. The highest BCUT2D eigenvalue weighted by Gasteiger charge is 2.15. The molecule has 0 bridgehead atoms. The molecule has 0 aliphatic rings. The van der Waals surface area contributed by atoms with Crippen LogP contribution in [-0.4, -0.2) is 4.57 Å². The van der Waals surface area contributed by atoms with E-state index in [1.807, 2.05) is 0 Å². The van der Waals surface area contributed by atoms with Gasteiger partial charge in [-0.3, -0.25) is 0 Å². The standard InChI is InChI=1S/C21H14BrN/c1-23-19-11-10-13(22)12-18(19)20-16-8-4-2-6-14(16)15-7-3-5-9-17(15)21(20)23/h2-12H,1H3. The Bertz CT molecular complexity index is 1230. The van der Waals surface area contributed by atoms with Crippen LogP contribution in [0.5, 0.6) is 0 Å². The minimum absolute atomic E-state index is 1.12. The third-order valence-electron chi connectivity index (χ3n) is 4.83. The van der Waals surface area contributed by atoms with Crippen LogP contribution in [-0.2, 0) is 7.05 Å². The maximum atomic E-state index is 3.63. The van der Waals surface area contributed by atoms with Gasteiger partial charge in [0.05, 0.1) is 5.52 Å². The molecule has 0 spiro atoms. The third kappa shape index (κ3) is 1.67. The summed E-state index contributed by atoms with van der Waals surface area (Å²) in [6.07, 6.45) is 0. The van der Waals surface area contributed by atoms with Gasteiger partial charge in [-0.25, -0.2) is 0 Å². The molecule has 0 aliphatic heterocycles. The first kappa shape index (κ1) is 13.1. The first-order chi connectivity index (χ1) is 11.3. The maximum Gasteiger partial charge on any atom is 0.0574 e. The normalized spacial score (nSPS) is 11.9. The van der Waals surface area contributed by atoms with Gasteiger partial charge in [0.15, 0.2) is 0 Å². The first-order valence-corrected chi connectivity index (χ1v) is 8.52. The Balaban J connectivity index is 2.26. The molecule has 0 atom stereocenters. The molecule has 1 nitrogen and oxygen atoms in total. The van der Waals surface area contributed by atoms with Crippen molar-refractivity contribution < 1.29 is 0 Å². The summed E-state index contributed by atoms with van der Waals surface area (Å²) in [4.78, 5) is 0. The molecule has 5 aromatic rings. The van der Waals surface area contributed by atoms with E-state index in [9.17, 15) is 0 Å². The van der Waals surface area contributed by atoms with E-state index < -0.39 is 0 Å². The fourth-order valence-corrected chi connectivity index (χ4v) is 4.23. The largest absolute Gasteiger partial charge is 0.343 e. The zero-order chi connectivity index (χ0) is 15.6. The van der Waals surface area contributed by atoms with Crippen LogP contribution in [0.1, 0.15) is 0 Å². The Morgan fingerprint density at radius 1 is 0.696 bits per heavy atom. The molecule has 23 heavy (non-hydrogen) atoms. The van der Waals surface area contributed by atoms with Crippen molar-refractivity contribution in [2.24, 2.45) is 7.05 Å². The van der Waals surface area contributed by atoms with Gasteiger partial charge in [-0.2, -0.15) is 0 Å². The summed E-state index contributed by atoms with van der Waals surface area (Å²) in [5.41, 5.74) is 2.58. The molecule has 5 rings (SSSR count). The van der Waals surface area contributed by atoms with Gasteiger partial charge in [-0.15, -0.1) is 0 Å². The van der Waals surface area contributed by atoms with Crippen molar-refractivity contribution in [2.45, 2.75) is 0 Å². The van der Waals surface area contributed by atoms with E-state index in [2.05, 4.69) is 94.3 Å². The van der Waals surface area contributed by atoms with Crippen LogP contribution in [0, 0.1) is 0 Å². The lowest BCUT2D eigenvalue weighted by Crippen LogP contribution is -1.88. The number of halogens is 1. The Labute approximate surface area is 142 Å². The van der Waals surface area contributed by atoms with Crippen molar-refractivity contribution in [1.29, 1.82) is 0 Å². The number of aromatic nitrogens is 1. The summed E-state index contributed by atoms with van der Waals surface area (Å²) in [6.45, 7) is 0. The molecule has 0 N–H and O–H groups in total. The number of rotatable bonds is 0. The van der Waals surface area contributed by atoms with Crippen molar-refractivity contribution in [1.82, 2.24) is 4.57 Å². The first-order valence-electron chi connectivity index (χ1n) is 7.73. The number of hydrogen-bond donors (Lipinski definition) is 0. The number of fused-ring (bicyclic) bond motifs is 8. The minimum Gasteiger partial charge on any atom is -0.343 e. The van der Waals surface area contributed by atoms with E-state index in [1.54, 1.807) is 0 Å². The lowest BCUT2D eigenvalue weighted by Gasteiger charge is -2.08. The fourth-order valence-electron chi connectivity index (χ4n) is 3.87. The molecule has 0 fully saturated rings. The molecule has 0 aliphatic carbocycles. The molecule has 1 heterocycles. The van der Waals surface area contributed by atoms with Crippen molar-refractivity contribution in [2.75, 3.05) is 0 Å². The molecule has 4 aromatic carbocycles. The van der Waals surface area contributed by atoms with E-state index in [-0.39, 0.29) is 0 Å². The number of nitrogens with zero attached hydrogens (tertiary/aromatic N) is 1. The van der Waals surface area contributed by atoms with E-state index in [0.29, 0.717) is 0 Å². The number of benzene rings is 4. The van der Waals surface area contributed by atoms with Gasteiger partial charge < -0.3 is 4.57 Å². The van der Waals surface area contributed by atoms with Crippen molar-refractivity contribution in [3.8, 4) is 0 Å². The van der Waals surface area contributed by atoms with Gasteiger partial charge in [0.25, 0.3) is 0 Å². The van der Waals surface area contributed by atoms with Gasteiger partial charge in [0.2, 0.25) is 0 Å². The van der Waals surface area contributed by atoms with Crippen LogP contribution in [0.15, 0.2) is 71.2 Å². The van der Waals surface area contributed by atoms with Crippen LogP contribution in [0.2, 0.25) is 0 Å². The quantitative estimate of drug-likeness (QED) is 0.282. The molecule has 0 unspecified atom stereocenters. The van der Waals surface area contributed by atoms with E-state index in [0.717, 1.165) is 4.47 Å². The van der Waals surface area contributed by atoms with E-state index in [4.69, 9.17) is 0 Å². The zero-order valence-electron chi connectivity index (χ0n) is 12.7. The minimum atomic E-state index is 1.12. The smallest absolute Gasteiger partial charge is 0.0574 e. The fraction of sp³-hybridized carbons (Fsp3) is 0.0476. The van der Waals surface area contributed by atoms with Gasteiger partial charge >= 0.3 is 0 Å². The molecular formula is C21H14BrN.